The number of hydrogen-bond acceptors (Lipinski definition) is 3. The summed E-state index contributed by atoms with van der Waals surface area (Å²) >= 11 is 0. The molecule has 2 rings (SSSR count). The van der Waals surface area contributed by atoms with Crippen molar-refractivity contribution < 1.29 is 14.6 Å². The molecule has 1 N–H and O–H groups in total. The minimum Gasteiger partial charge on any atom is -0.497 e. The second-order valence-electron chi connectivity index (χ2n) is 5.73. The van der Waals surface area contributed by atoms with Gasteiger partial charge in [0.05, 0.1) is 12.7 Å². The van der Waals surface area contributed by atoms with Crippen LogP contribution < -0.4 is 4.74 Å². The van der Waals surface area contributed by atoms with Crippen LogP contribution in [-0.4, -0.2) is 42.2 Å². The molecular formula is C17H23NO3. The fraction of sp³-hybridized carbons (Fsp3) is 0.471. The number of hydrogen-bond donors (Lipinski definition) is 1. The summed E-state index contributed by atoms with van der Waals surface area (Å²) in [6.07, 6.45) is 6.97. The summed E-state index contributed by atoms with van der Waals surface area (Å²) in [5.41, 5.74) is 0.246. The van der Waals surface area contributed by atoms with Gasteiger partial charge >= 0.3 is 0 Å². The predicted octanol–water partition coefficient (Wildman–Crippen LogP) is 2.47. The van der Waals surface area contributed by atoms with Crippen LogP contribution >= 0.6 is 0 Å². The van der Waals surface area contributed by atoms with Gasteiger partial charge in [0.15, 0.2) is 0 Å². The van der Waals surface area contributed by atoms with Gasteiger partial charge in [-0.3, -0.25) is 4.79 Å². The molecule has 4 nitrogen and oxygen atoms in total. The van der Waals surface area contributed by atoms with Crippen LogP contribution in [0.4, 0.5) is 0 Å². The quantitative estimate of drug-likeness (QED) is 0.847. The van der Waals surface area contributed by atoms with E-state index in [4.69, 9.17) is 4.74 Å². The van der Waals surface area contributed by atoms with E-state index in [-0.39, 0.29) is 5.91 Å². The Balaban J connectivity index is 1.91. The highest BCUT2D eigenvalue weighted by atomic mass is 16.5. The highest BCUT2D eigenvalue weighted by Gasteiger charge is 2.32. The van der Waals surface area contributed by atoms with Crippen molar-refractivity contribution in [3.63, 3.8) is 0 Å². The molecule has 0 aliphatic heterocycles. The summed E-state index contributed by atoms with van der Waals surface area (Å²) in [7, 11) is 3.36. The Labute approximate surface area is 126 Å². The molecule has 0 heterocycles. The Bertz CT molecular complexity index is 501. The van der Waals surface area contributed by atoms with E-state index in [1.807, 2.05) is 24.3 Å². The maximum atomic E-state index is 12.1. The Morgan fingerprint density at radius 2 is 1.95 bits per heavy atom. The molecule has 1 aromatic rings. The minimum atomic E-state index is -0.696. The van der Waals surface area contributed by atoms with Crippen molar-refractivity contribution in [2.45, 2.75) is 31.3 Å². The van der Waals surface area contributed by atoms with Gasteiger partial charge in [-0.05, 0) is 36.6 Å². The molecular weight excluding hydrogens is 266 g/mol. The van der Waals surface area contributed by atoms with Gasteiger partial charge in [0, 0.05) is 19.7 Å². The van der Waals surface area contributed by atoms with E-state index in [1.54, 1.807) is 31.2 Å². The van der Waals surface area contributed by atoms with Crippen molar-refractivity contribution in [1.29, 1.82) is 0 Å². The second kappa shape index (κ2) is 6.76. The summed E-state index contributed by atoms with van der Waals surface area (Å²) in [6, 6.07) is 7.50. The molecule has 0 radical (unpaired) electrons. The molecule has 0 saturated heterocycles. The monoisotopic (exact) mass is 289 g/mol. The van der Waals surface area contributed by atoms with Crippen LogP contribution in [0.5, 0.6) is 5.75 Å². The van der Waals surface area contributed by atoms with E-state index in [1.165, 1.54) is 0 Å². The predicted molar refractivity (Wildman–Crippen MR) is 83.1 cm³/mol. The van der Waals surface area contributed by atoms with Crippen molar-refractivity contribution >= 4 is 12.0 Å². The van der Waals surface area contributed by atoms with Crippen LogP contribution in [0, 0.1) is 0 Å². The molecule has 1 aliphatic carbocycles. The molecule has 114 valence electrons. The minimum absolute atomic E-state index is 0.0915. The van der Waals surface area contributed by atoms with Crippen LogP contribution in [0.25, 0.3) is 6.08 Å². The second-order valence-corrected chi connectivity index (χ2v) is 5.73. The van der Waals surface area contributed by atoms with Gasteiger partial charge in [-0.1, -0.05) is 25.0 Å². The Hall–Kier alpha value is -1.81. The zero-order valence-corrected chi connectivity index (χ0v) is 12.7. The Morgan fingerprint density at radius 1 is 1.33 bits per heavy atom. The number of carbonyl (C=O) groups excluding carboxylic acids is 1. The van der Waals surface area contributed by atoms with Crippen molar-refractivity contribution in [1.82, 2.24) is 4.90 Å². The molecule has 21 heavy (non-hydrogen) atoms. The van der Waals surface area contributed by atoms with E-state index in [0.29, 0.717) is 6.54 Å². The lowest BCUT2D eigenvalue weighted by molar-refractivity contribution is -0.127. The molecule has 4 heteroatoms. The number of likely N-dealkylation sites (N-methyl/N-ethyl adjacent to an activating group) is 1. The number of nitrogens with zero attached hydrogens (tertiary/aromatic N) is 1. The lowest BCUT2D eigenvalue weighted by Crippen LogP contribution is -2.41. The Morgan fingerprint density at radius 3 is 2.52 bits per heavy atom. The van der Waals surface area contributed by atoms with Crippen LogP contribution in [0.15, 0.2) is 30.3 Å². The molecule has 0 spiro atoms. The summed E-state index contributed by atoms with van der Waals surface area (Å²) in [5, 5.41) is 10.3. The molecule has 0 bridgehead atoms. The normalized spacial score (nSPS) is 17.1. The number of amides is 1. The molecule has 1 aromatic carbocycles. The highest BCUT2D eigenvalue weighted by Crippen LogP contribution is 2.29. The maximum Gasteiger partial charge on any atom is 0.246 e. The van der Waals surface area contributed by atoms with Gasteiger partial charge < -0.3 is 14.7 Å². The average molecular weight is 289 g/mol. The van der Waals surface area contributed by atoms with Gasteiger partial charge in [0.25, 0.3) is 0 Å². The largest absolute Gasteiger partial charge is 0.497 e. The highest BCUT2D eigenvalue weighted by molar-refractivity contribution is 5.91. The van der Waals surface area contributed by atoms with Gasteiger partial charge in [-0.15, -0.1) is 0 Å². The first-order valence-electron chi connectivity index (χ1n) is 7.32. The number of carbonyl (C=O) groups is 1. The number of rotatable bonds is 5. The van der Waals surface area contributed by atoms with E-state index < -0.39 is 5.60 Å². The number of ether oxygens (including phenoxy) is 1. The zero-order chi connectivity index (χ0) is 15.3. The van der Waals surface area contributed by atoms with Crippen molar-refractivity contribution in [2.24, 2.45) is 0 Å². The first-order valence-corrected chi connectivity index (χ1v) is 7.32. The van der Waals surface area contributed by atoms with Gasteiger partial charge in [0.2, 0.25) is 5.91 Å². The van der Waals surface area contributed by atoms with Crippen LogP contribution in [-0.2, 0) is 4.79 Å². The first kappa shape index (κ1) is 15.6. The third-order valence-corrected chi connectivity index (χ3v) is 3.98. The van der Waals surface area contributed by atoms with E-state index in [9.17, 15) is 9.90 Å². The SMILES string of the molecule is COc1ccc(/C=C/C(=O)N(C)CC2(O)CCCC2)cc1. The molecule has 0 atom stereocenters. The number of methoxy groups -OCH3 is 1. The van der Waals surface area contributed by atoms with E-state index >= 15 is 0 Å². The van der Waals surface area contributed by atoms with Crippen LogP contribution in [0.1, 0.15) is 31.2 Å². The van der Waals surface area contributed by atoms with Gasteiger partial charge in [0.1, 0.15) is 5.75 Å². The summed E-state index contributed by atoms with van der Waals surface area (Å²) in [5.74, 6) is 0.699. The van der Waals surface area contributed by atoms with E-state index in [2.05, 4.69) is 0 Å². The van der Waals surface area contributed by atoms with Crippen LogP contribution in [0.3, 0.4) is 0 Å². The zero-order valence-electron chi connectivity index (χ0n) is 12.7. The molecule has 1 aliphatic rings. The average Bonchev–Trinajstić information content (AvgIpc) is 2.91. The molecule has 1 fully saturated rings. The van der Waals surface area contributed by atoms with Crippen molar-refractivity contribution in [3.05, 3.63) is 35.9 Å². The Kier molecular flexibility index (Phi) is 5.02. The third kappa shape index (κ3) is 4.33. The maximum absolute atomic E-state index is 12.1. The summed E-state index contributed by atoms with van der Waals surface area (Å²) < 4.78 is 5.09. The first-order chi connectivity index (χ1) is 10.0. The lowest BCUT2D eigenvalue weighted by Gasteiger charge is -2.27. The fourth-order valence-corrected chi connectivity index (χ4v) is 2.72. The lowest BCUT2D eigenvalue weighted by atomic mass is 10.0. The molecule has 1 saturated carbocycles. The van der Waals surface area contributed by atoms with Gasteiger partial charge in [-0.25, -0.2) is 0 Å². The fourth-order valence-electron chi connectivity index (χ4n) is 2.72. The third-order valence-electron chi connectivity index (χ3n) is 3.98. The van der Waals surface area contributed by atoms with Crippen molar-refractivity contribution in [3.8, 4) is 5.75 Å². The van der Waals surface area contributed by atoms with Crippen LogP contribution in [0.2, 0.25) is 0 Å². The number of aliphatic hydroxyl groups is 1. The molecule has 0 aromatic heterocycles. The summed E-state index contributed by atoms with van der Waals surface area (Å²) in [4.78, 5) is 13.7. The van der Waals surface area contributed by atoms with E-state index in [0.717, 1.165) is 37.0 Å². The smallest absolute Gasteiger partial charge is 0.246 e. The molecule has 1 amide bonds. The van der Waals surface area contributed by atoms with Gasteiger partial charge in [-0.2, -0.15) is 0 Å². The molecule has 0 unspecified atom stereocenters. The standard InChI is InChI=1S/C17H23NO3/c1-18(13-17(20)11-3-4-12-17)16(19)10-7-14-5-8-15(21-2)9-6-14/h5-10,20H,3-4,11-13H2,1-2H3/b10-7+. The summed E-state index contributed by atoms with van der Waals surface area (Å²) in [6.45, 7) is 0.402. The number of benzene rings is 1. The van der Waals surface area contributed by atoms with Crippen molar-refractivity contribution in [2.75, 3.05) is 20.7 Å². The topological polar surface area (TPSA) is 49.8 Å².